The minimum atomic E-state index is -3.76. The molecule has 0 amide bonds. The molecule has 0 aromatic heterocycles. The van der Waals surface area contributed by atoms with Crippen LogP contribution in [0, 0.1) is 0 Å². The number of halogens is 1. The van der Waals surface area contributed by atoms with Crippen LogP contribution in [-0.2, 0) is 18.3 Å². The quantitative estimate of drug-likeness (QED) is 0.0931. The molecule has 2 rings (SSSR count). The summed E-state index contributed by atoms with van der Waals surface area (Å²) in [6, 6.07) is 12.5. The van der Waals surface area contributed by atoms with Crippen molar-refractivity contribution in [2.45, 2.75) is 79.1 Å². The molecule has 0 aliphatic carbocycles. The first-order valence-corrected chi connectivity index (χ1v) is 16.1. The first kappa shape index (κ1) is 41.6. The SMILES string of the molecule is CC(C)c1cccc(C(C)C)c1OCCl.CC(C)c1cccc(C(C)C)c1OCOP(C)(=O)[O-].O=[P+]([O-])OO.[HH].[Na+]. The van der Waals surface area contributed by atoms with Gasteiger partial charge in [0.15, 0.2) is 12.9 Å². The van der Waals surface area contributed by atoms with Crippen molar-refractivity contribution < 1.29 is 73.8 Å². The molecule has 0 spiro atoms. The van der Waals surface area contributed by atoms with Crippen molar-refractivity contribution in [2.75, 3.05) is 19.5 Å². The van der Waals surface area contributed by atoms with E-state index in [0.29, 0.717) is 23.7 Å². The summed E-state index contributed by atoms with van der Waals surface area (Å²) in [5.74, 6) is 3.23. The summed E-state index contributed by atoms with van der Waals surface area (Å²) in [5, 5.41) is 7.05. The molecule has 2 aromatic carbocycles. The van der Waals surface area contributed by atoms with E-state index in [2.05, 4.69) is 82.8 Å². The van der Waals surface area contributed by atoms with Crippen molar-refractivity contribution in [3.8, 4) is 11.5 Å². The zero-order valence-corrected chi connectivity index (χ0v) is 29.7. The Balaban J connectivity index is -0.000000590. The molecule has 2 unspecified atom stereocenters. The predicted octanol–water partition coefficient (Wildman–Crippen LogP) is 4.72. The third kappa shape index (κ3) is 16.2. The monoisotopic (exact) mass is 632 g/mol. The summed E-state index contributed by atoms with van der Waals surface area (Å²) in [6.07, 6.45) is 0. The van der Waals surface area contributed by atoms with Crippen LogP contribution in [0.1, 0.15) is 103 Å². The fourth-order valence-corrected chi connectivity index (χ4v) is 3.89. The van der Waals surface area contributed by atoms with Gasteiger partial charge in [0.05, 0.1) is 0 Å². The van der Waals surface area contributed by atoms with E-state index in [1.165, 1.54) is 11.1 Å². The van der Waals surface area contributed by atoms with Crippen LogP contribution in [0.4, 0.5) is 0 Å². The molecule has 9 nitrogen and oxygen atoms in total. The van der Waals surface area contributed by atoms with Gasteiger partial charge in [-0.05, 0) is 50.5 Å². The van der Waals surface area contributed by atoms with Gasteiger partial charge < -0.3 is 28.3 Å². The molecule has 0 heterocycles. The predicted molar refractivity (Wildman–Crippen MR) is 154 cm³/mol. The first-order chi connectivity index (χ1) is 18.1. The number of hydrogen-bond donors (Lipinski definition) is 1. The van der Waals surface area contributed by atoms with E-state index >= 15 is 0 Å². The summed E-state index contributed by atoms with van der Waals surface area (Å²) in [5.41, 5.74) is 4.60. The fraction of sp³-hybridized carbons (Fsp3) is 0.556. The smallest absolute Gasteiger partial charge is 0.779 e. The number of para-hydroxylation sites is 2. The molecular weight excluding hydrogens is 589 g/mol. The minimum Gasteiger partial charge on any atom is -0.779 e. The second kappa shape index (κ2) is 21.2. The third-order valence-electron chi connectivity index (χ3n) is 5.40. The number of rotatable bonds is 11. The molecule has 0 saturated heterocycles. The van der Waals surface area contributed by atoms with E-state index in [4.69, 9.17) is 35.8 Å². The Hall–Kier alpha value is -0.540. The fourth-order valence-electron chi connectivity index (χ4n) is 3.53. The molecule has 0 radical (unpaired) electrons. The minimum absolute atomic E-state index is 0. The molecule has 0 saturated carbocycles. The number of alkyl halides is 1. The van der Waals surface area contributed by atoms with Gasteiger partial charge in [-0.15, -0.1) is 0 Å². The maximum absolute atomic E-state index is 11.0. The molecule has 1 N–H and O–H groups in total. The molecule has 224 valence electrons. The Kier molecular flexibility index (Phi) is 22.0. The van der Waals surface area contributed by atoms with Crippen LogP contribution in [0.15, 0.2) is 36.4 Å². The van der Waals surface area contributed by atoms with Gasteiger partial charge in [0.25, 0.3) is 0 Å². The van der Waals surface area contributed by atoms with Gasteiger partial charge in [0, 0.05) is 12.8 Å². The normalized spacial score (nSPS) is 12.6. The van der Waals surface area contributed by atoms with E-state index in [0.717, 1.165) is 29.3 Å². The maximum atomic E-state index is 11.0. The van der Waals surface area contributed by atoms with E-state index in [1.807, 2.05) is 18.2 Å². The van der Waals surface area contributed by atoms with Gasteiger partial charge in [0.1, 0.15) is 19.1 Å². The number of hydrogen-bond acceptors (Lipinski definition) is 9. The van der Waals surface area contributed by atoms with Gasteiger partial charge in [0.2, 0.25) is 0 Å². The van der Waals surface area contributed by atoms with Gasteiger partial charge in [-0.25, -0.2) is 5.26 Å². The first-order valence-electron chi connectivity index (χ1n) is 12.5. The van der Waals surface area contributed by atoms with Gasteiger partial charge in [-0.1, -0.05) is 103 Å². The summed E-state index contributed by atoms with van der Waals surface area (Å²) in [6.45, 7) is 17.7. The average molecular weight is 633 g/mol. The molecule has 13 heteroatoms. The third-order valence-corrected chi connectivity index (χ3v) is 6.21. The molecule has 2 aromatic rings. The molecular formula is C27H44ClNaO9P2. The van der Waals surface area contributed by atoms with Crippen LogP contribution in [0.3, 0.4) is 0 Å². The molecule has 0 bridgehead atoms. The van der Waals surface area contributed by atoms with E-state index in [9.17, 15) is 9.46 Å². The number of benzene rings is 2. The second-order valence-electron chi connectivity index (χ2n) is 9.87. The van der Waals surface area contributed by atoms with Crippen LogP contribution in [0.25, 0.3) is 0 Å². The Morgan fingerprint density at radius 2 is 1.15 bits per heavy atom. The van der Waals surface area contributed by atoms with Crippen LogP contribution in [0.5, 0.6) is 11.5 Å². The van der Waals surface area contributed by atoms with Crippen LogP contribution >= 0.6 is 27.5 Å². The second-order valence-corrected chi connectivity index (χ2v) is 12.5. The Morgan fingerprint density at radius 1 is 0.850 bits per heavy atom. The van der Waals surface area contributed by atoms with Crippen molar-refractivity contribution in [1.82, 2.24) is 0 Å². The summed E-state index contributed by atoms with van der Waals surface area (Å²) in [7, 11) is -6.80. The molecule has 40 heavy (non-hydrogen) atoms. The zero-order chi connectivity index (χ0) is 30.3. The van der Waals surface area contributed by atoms with Crippen molar-refractivity contribution in [1.29, 1.82) is 0 Å². The van der Waals surface area contributed by atoms with Crippen LogP contribution in [-0.4, -0.2) is 24.8 Å². The largest absolute Gasteiger partial charge is 1.00 e. The van der Waals surface area contributed by atoms with Crippen molar-refractivity contribution in [3.05, 3.63) is 58.7 Å². The number of ether oxygens (including phenoxy) is 2. The van der Waals surface area contributed by atoms with Gasteiger partial charge in [-0.2, -0.15) is 0 Å². The Bertz CT molecular complexity index is 1010. The van der Waals surface area contributed by atoms with Gasteiger partial charge >= 0.3 is 37.8 Å². The van der Waals surface area contributed by atoms with Crippen LogP contribution in [0.2, 0.25) is 0 Å². The molecule has 0 fully saturated rings. The van der Waals surface area contributed by atoms with E-state index in [1.54, 1.807) is 0 Å². The summed E-state index contributed by atoms with van der Waals surface area (Å²) < 4.78 is 38.4. The van der Waals surface area contributed by atoms with Crippen molar-refractivity contribution >= 4 is 27.5 Å². The summed E-state index contributed by atoms with van der Waals surface area (Å²) in [4.78, 5) is 19.9. The average Bonchev–Trinajstić information content (AvgIpc) is 2.83. The molecule has 2 atom stereocenters. The molecule has 0 aliphatic heterocycles. The Labute approximate surface area is 268 Å². The zero-order valence-electron chi connectivity index (χ0n) is 25.2. The van der Waals surface area contributed by atoms with Crippen molar-refractivity contribution in [3.63, 3.8) is 0 Å². The molecule has 0 aliphatic rings. The van der Waals surface area contributed by atoms with Crippen LogP contribution < -0.4 is 48.8 Å². The van der Waals surface area contributed by atoms with E-state index in [-0.39, 0.29) is 43.8 Å². The summed E-state index contributed by atoms with van der Waals surface area (Å²) >= 11 is 5.67. The van der Waals surface area contributed by atoms with Gasteiger partial charge in [-0.3, -0.25) is 0 Å². The standard InChI is InChI=1S/C14H23O4P.C13H19ClO.Na.HO4P.H2/c1-10(2)12-7-6-8-13(11(3)4)14(12)17-9-18-19(5,15)16;1-9(2)11-6-5-7-12(10(3)4)13(11)15-8-14;;1-4-5(2)3;/h6-8,10-11H,9H2,1-5H3,(H,15,16);5-7,9-10H,8H2,1-4H3;;1H;1H/q;;+1;;/p-1. The topological polar surface area (TPSA) is 137 Å². The van der Waals surface area contributed by atoms with E-state index < -0.39 is 15.9 Å². The Morgan fingerprint density at radius 3 is 1.38 bits per heavy atom. The maximum Gasteiger partial charge on any atom is 1.00 e. The van der Waals surface area contributed by atoms with Crippen molar-refractivity contribution in [2.24, 2.45) is 0 Å².